The number of H-pyrrole nitrogens is 1. The molecule has 0 saturated carbocycles. The molecule has 1 aliphatic rings. The Kier molecular flexibility index (Phi) is 4.66. The van der Waals surface area contributed by atoms with Crippen molar-refractivity contribution in [1.82, 2.24) is 20.1 Å². The molecule has 1 fully saturated rings. The Labute approximate surface area is 129 Å². The number of hydrogen-bond acceptors (Lipinski definition) is 5. The van der Waals surface area contributed by atoms with E-state index < -0.39 is 0 Å². The van der Waals surface area contributed by atoms with Crippen molar-refractivity contribution in [2.75, 3.05) is 19.7 Å². The molecule has 1 aromatic heterocycles. The molecule has 6 nitrogen and oxygen atoms in total. The van der Waals surface area contributed by atoms with E-state index in [4.69, 9.17) is 10.00 Å². The third kappa shape index (κ3) is 3.43. The summed E-state index contributed by atoms with van der Waals surface area (Å²) in [6.07, 6.45) is 5.10. The zero-order chi connectivity index (χ0) is 15.2. The van der Waals surface area contributed by atoms with Crippen LogP contribution in [0, 0.1) is 11.3 Å². The standard InChI is InChI=1S/C16H19N5O/c17-11-13-4-6-14(7-5-13)22-10-9-21-8-2-1-3-15(21)16-18-12-19-20-16/h4-7,12,15H,1-3,8-10H2,(H,18,19,20)/t15-/m0/s1. The first-order valence-corrected chi connectivity index (χ1v) is 7.59. The highest BCUT2D eigenvalue weighted by Gasteiger charge is 2.25. The number of nitriles is 1. The van der Waals surface area contributed by atoms with Crippen molar-refractivity contribution in [3.8, 4) is 11.8 Å². The lowest BCUT2D eigenvalue weighted by atomic mass is 10.0. The molecule has 0 radical (unpaired) electrons. The van der Waals surface area contributed by atoms with Gasteiger partial charge in [0.15, 0.2) is 0 Å². The maximum absolute atomic E-state index is 8.78. The van der Waals surface area contributed by atoms with Gasteiger partial charge in [-0.25, -0.2) is 4.98 Å². The van der Waals surface area contributed by atoms with Crippen molar-refractivity contribution < 1.29 is 4.74 Å². The summed E-state index contributed by atoms with van der Waals surface area (Å²) >= 11 is 0. The average Bonchev–Trinajstić information content (AvgIpc) is 3.10. The molecule has 2 heterocycles. The van der Waals surface area contributed by atoms with Crippen molar-refractivity contribution in [3.05, 3.63) is 42.0 Å². The van der Waals surface area contributed by atoms with E-state index in [1.54, 1.807) is 18.5 Å². The number of aromatic nitrogens is 3. The fourth-order valence-electron chi connectivity index (χ4n) is 2.85. The highest BCUT2D eigenvalue weighted by molar-refractivity contribution is 5.34. The molecule has 0 bridgehead atoms. The first-order chi connectivity index (χ1) is 10.9. The molecule has 1 N–H and O–H groups in total. The normalized spacial score (nSPS) is 18.8. The Bertz CT molecular complexity index is 617. The zero-order valence-corrected chi connectivity index (χ0v) is 12.4. The molecule has 2 aromatic rings. The maximum atomic E-state index is 8.78. The molecule has 1 aliphatic heterocycles. The number of nitrogens with one attached hydrogen (secondary N) is 1. The molecular weight excluding hydrogens is 278 g/mol. The second-order valence-electron chi connectivity index (χ2n) is 5.40. The largest absolute Gasteiger partial charge is 0.492 e. The number of nitrogens with zero attached hydrogens (tertiary/aromatic N) is 4. The summed E-state index contributed by atoms with van der Waals surface area (Å²) in [7, 11) is 0. The van der Waals surface area contributed by atoms with Gasteiger partial charge in [0.25, 0.3) is 0 Å². The molecule has 6 heteroatoms. The van der Waals surface area contributed by atoms with Gasteiger partial charge < -0.3 is 4.74 Å². The molecule has 1 atom stereocenters. The van der Waals surface area contributed by atoms with Crippen molar-refractivity contribution in [1.29, 1.82) is 5.26 Å². The molecule has 114 valence electrons. The Morgan fingerprint density at radius 1 is 1.32 bits per heavy atom. The minimum absolute atomic E-state index is 0.306. The topological polar surface area (TPSA) is 77.8 Å². The van der Waals surface area contributed by atoms with Gasteiger partial charge in [0, 0.05) is 6.54 Å². The van der Waals surface area contributed by atoms with Crippen LogP contribution in [0.25, 0.3) is 0 Å². The number of benzene rings is 1. The second kappa shape index (κ2) is 7.05. The molecule has 3 rings (SSSR count). The summed E-state index contributed by atoms with van der Waals surface area (Å²) in [5, 5.41) is 15.7. The van der Waals surface area contributed by atoms with E-state index in [0.29, 0.717) is 18.2 Å². The van der Waals surface area contributed by atoms with Crippen molar-refractivity contribution in [3.63, 3.8) is 0 Å². The summed E-state index contributed by atoms with van der Waals surface area (Å²) in [6.45, 7) is 2.53. The molecular formula is C16H19N5O. The van der Waals surface area contributed by atoms with Crippen LogP contribution in [0.4, 0.5) is 0 Å². The smallest absolute Gasteiger partial charge is 0.141 e. The molecule has 0 amide bonds. The quantitative estimate of drug-likeness (QED) is 0.916. The Morgan fingerprint density at radius 2 is 2.18 bits per heavy atom. The van der Waals surface area contributed by atoms with E-state index in [-0.39, 0.29) is 0 Å². The molecule has 0 unspecified atom stereocenters. The lowest BCUT2D eigenvalue weighted by molar-refractivity contribution is 0.118. The van der Waals surface area contributed by atoms with Gasteiger partial charge in [0.1, 0.15) is 24.5 Å². The van der Waals surface area contributed by atoms with Crippen LogP contribution in [0.15, 0.2) is 30.6 Å². The zero-order valence-electron chi connectivity index (χ0n) is 12.4. The Hall–Kier alpha value is -2.39. The van der Waals surface area contributed by atoms with Gasteiger partial charge in [-0.2, -0.15) is 10.4 Å². The number of aromatic amines is 1. The predicted molar refractivity (Wildman–Crippen MR) is 81.2 cm³/mol. The highest BCUT2D eigenvalue weighted by atomic mass is 16.5. The first kappa shape index (κ1) is 14.5. The first-order valence-electron chi connectivity index (χ1n) is 7.59. The van der Waals surface area contributed by atoms with E-state index in [1.807, 2.05) is 12.1 Å². The van der Waals surface area contributed by atoms with Gasteiger partial charge in [-0.3, -0.25) is 10.00 Å². The number of hydrogen-bond donors (Lipinski definition) is 1. The second-order valence-corrected chi connectivity index (χ2v) is 5.40. The van der Waals surface area contributed by atoms with Crippen LogP contribution in [-0.2, 0) is 0 Å². The van der Waals surface area contributed by atoms with Crippen LogP contribution in [-0.4, -0.2) is 39.8 Å². The van der Waals surface area contributed by atoms with E-state index in [0.717, 1.165) is 31.1 Å². The van der Waals surface area contributed by atoms with Crippen LogP contribution in [0.2, 0.25) is 0 Å². The van der Waals surface area contributed by atoms with Gasteiger partial charge in [-0.1, -0.05) is 6.42 Å². The molecule has 22 heavy (non-hydrogen) atoms. The molecule has 1 saturated heterocycles. The summed E-state index contributed by atoms with van der Waals surface area (Å²) in [4.78, 5) is 6.69. The van der Waals surface area contributed by atoms with Crippen molar-refractivity contribution in [2.45, 2.75) is 25.3 Å². The Morgan fingerprint density at radius 3 is 2.91 bits per heavy atom. The SMILES string of the molecule is N#Cc1ccc(OCCN2CCCC[C@H]2c2ncn[nH]2)cc1. The van der Waals surface area contributed by atoms with Gasteiger partial charge in [0.2, 0.25) is 0 Å². The predicted octanol–water partition coefficient (Wildman–Crippen LogP) is 2.28. The summed E-state index contributed by atoms with van der Waals surface area (Å²) < 4.78 is 5.78. The minimum atomic E-state index is 0.306. The minimum Gasteiger partial charge on any atom is -0.492 e. The maximum Gasteiger partial charge on any atom is 0.141 e. The lowest BCUT2D eigenvalue weighted by Gasteiger charge is -2.34. The molecule has 0 aliphatic carbocycles. The van der Waals surface area contributed by atoms with Crippen LogP contribution in [0.3, 0.4) is 0 Å². The summed E-state index contributed by atoms with van der Waals surface area (Å²) in [6, 6.07) is 9.62. The Balaban J connectivity index is 1.54. The van der Waals surface area contributed by atoms with Gasteiger partial charge >= 0.3 is 0 Å². The van der Waals surface area contributed by atoms with E-state index >= 15 is 0 Å². The van der Waals surface area contributed by atoms with Gasteiger partial charge in [-0.05, 0) is 43.7 Å². The van der Waals surface area contributed by atoms with Crippen LogP contribution >= 0.6 is 0 Å². The number of likely N-dealkylation sites (tertiary alicyclic amines) is 1. The van der Waals surface area contributed by atoms with Gasteiger partial charge in [0.05, 0.1) is 17.7 Å². The fourth-order valence-corrected chi connectivity index (χ4v) is 2.85. The van der Waals surface area contributed by atoms with E-state index in [2.05, 4.69) is 26.2 Å². The van der Waals surface area contributed by atoms with Crippen LogP contribution in [0.1, 0.15) is 36.7 Å². The van der Waals surface area contributed by atoms with Crippen LogP contribution in [0.5, 0.6) is 5.75 Å². The number of ether oxygens (including phenoxy) is 1. The third-order valence-corrected chi connectivity index (χ3v) is 3.99. The average molecular weight is 297 g/mol. The highest BCUT2D eigenvalue weighted by Crippen LogP contribution is 2.28. The van der Waals surface area contributed by atoms with Crippen molar-refractivity contribution in [2.24, 2.45) is 0 Å². The van der Waals surface area contributed by atoms with Crippen LogP contribution < -0.4 is 4.74 Å². The lowest BCUT2D eigenvalue weighted by Crippen LogP contribution is -2.37. The summed E-state index contributed by atoms with van der Waals surface area (Å²) in [5.74, 6) is 1.74. The van der Waals surface area contributed by atoms with Crippen molar-refractivity contribution >= 4 is 0 Å². The fraction of sp³-hybridized carbons (Fsp3) is 0.438. The van der Waals surface area contributed by atoms with Gasteiger partial charge in [-0.15, -0.1) is 0 Å². The number of rotatable bonds is 5. The van der Waals surface area contributed by atoms with E-state index in [1.165, 1.54) is 12.8 Å². The van der Waals surface area contributed by atoms with E-state index in [9.17, 15) is 0 Å². The summed E-state index contributed by atoms with van der Waals surface area (Å²) in [5.41, 5.74) is 0.647. The molecule has 1 aromatic carbocycles. The monoisotopic (exact) mass is 297 g/mol. The molecule has 0 spiro atoms. The number of piperidine rings is 1. The third-order valence-electron chi connectivity index (χ3n) is 3.99.